The molecule has 0 radical (unpaired) electrons. The molecule has 0 unspecified atom stereocenters. The standard InChI is InChI=1S/C10H18N4/c1-10(4-2-3-5-10)7-14-8-12-9(6-11)13-14/h8H,2-7,11H2,1H3. The molecule has 2 N–H and O–H groups in total. The highest BCUT2D eigenvalue weighted by Crippen LogP contribution is 2.38. The minimum Gasteiger partial charge on any atom is -0.324 e. The van der Waals surface area contributed by atoms with E-state index >= 15 is 0 Å². The summed E-state index contributed by atoms with van der Waals surface area (Å²) in [5, 5.41) is 4.32. The highest BCUT2D eigenvalue weighted by atomic mass is 15.3. The van der Waals surface area contributed by atoms with Gasteiger partial charge >= 0.3 is 0 Å². The summed E-state index contributed by atoms with van der Waals surface area (Å²) < 4.78 is 1.94. The molecule has 1 aliphatic carbocycles. The first-order chi connectivity index (χ1) is 6.72. The van der Waals surface area contributed by atoms with Crippen LogP contribution in [0.2, 0.25) is 0 Å². The molecule has 1 aromatic heterocycles. The molecule has 1 aliphatic rings. The highest BCUT2D eigenvalue weighted by molar-refractivity contribution is 4.84. The molecule has 1 aromatic rings. The summed E-state index contributed by atoms with van der Waals surface area (Å²) in [6.07, 6.45) is 7.13. The summed E-state index contributed by atoms with van der Waals surface area (Å²) in [7, 11) is 0. The van der Waals surface area contributed by atoms with Crippen molar-refractivity contribution in [2.75, 3.05) is 0 Å². The fraction of sp³-hybridized carbons (Fsp3) is 0.800. The van der Waals surface area contributed by atoms with E-state index in [0.29, 0.717) is 12.0 Å². The van der Waals surface area contributed by atoms with E-state index in [1.807, 2.05) is 4.68 Å². The Hall–Kier alpha value is -0.900. The fourth-order valence-corrected chi connectivity index (χ4v) is 2.28. The third-order valence-electron chi connectivity index (χ3n) is 3.12. The van der Waals surface area contributed by atoms with Gasteiger partial charge in [-0.15, -0.1) is 0 Å². The molecule has 78 valence electrons. The number of aromatic nitrogens is 3. The van der Waals surface area contributed by atoms with Gasteiger partial charge in [0, 0.05) is 6.54 Å². The Morgan fingerprint density at radius 2 is 2.21 bits per heavy atom. The molecule has 0 aliphatic heterocycles. The summed E-state index contributed by atoms with van der Waals surface area (Å²) in [5.74, 6) is 0.742. The Morgan fingerprint density at radius 1 is 1.50 bits per heavy atom. The molecular weight excluding hydrogens is 176 g/mol. The summed E-state index contributed by atoms with van der Waals surface area (Å²) >= 11 is 0. The van der Waals surface area contributed by atoms with Crippen LogP contribution in [0.5, 0.6) is 0 Å². The second-order valence-corrected chi connectivity index (χ2v) is 4.58. The molecule has 1 saturated carbocycles. The summed E-state index contributed by atoms with van der Waals surface area (Å²) in [5.41, 5.74) is 5.90. The normalized spacial score (nSPS) is 20.1. The lowest BCUT2D eigenvalue weighted by Gasteiger charge is -2.22. The smallest absolute Gasteiger partial charge is 0.164 e. The molecule has 4 heteroatoms. The molecule has 2 rings (SSSR count). The van der Waals surface area contributed by atoms with E-state index in [1.165, 1.54) is 25.7 Å². The number of hydrogen-bond donors (Lipinski definition) is 1. The first-order valence-corrected chi connectivity index (χ1v) is 5.30. The summed E-state index contributed by atoms with van der Waals surface area (Å²) in [4.78, 5) is 4.13. The first-order valence-electron chi connectivity index (χ1n) is 5.30. The zero-order valence-corrected chi connectivity index (χ0v) is 8.74. The molecule has 4 nitrogen and oxygen atoms in total. The maximum Gasteiger partial charge on any atom is 0.164 e. The van der Waals surface area contributed by atoms with E-state index in [4.69, 9.17) is 5.73 Å². The van der Waals surface area contributed by atoms with E-state index < -0.39 is 0 Å². The Morgan fingerprint density at radius 3 is 2.79 bits per heavy atom. The van der Waals surface area contributed by atoms with Crippen molar-refractivity contribution >= 4 is 0 Å². The van der Waals surface area contributed by atoms with Crippen LogP contribution >= 0.6 is 0 Å². The van der Waals surface area contributed by atoms with Crippen LogP contribution in [-0.2, 0) is 13.1 Å². The molecule has 14 heavy (non-hydrogen) atoms. The van der Waals surface area contributed by atoms with E-state index in [1.54, 1.807) is 6.33 Å². The molecule has 0 aromatic carbocycles. The van der Waals surface area contributed by atoms with Crippen LogP contribution in [0, 0.1) is 5.41 Å². The third kappa shape index (κ3) is 1.95. The highest BCUT2D eigenvalue weighted by Gasteiger charge is 2.29. The topological polar surface area (TPSA) is 56.7 Å². The van der Waals surface area contributed by atoms with Gasteiger partial charge in [-0.1, -0.05) is 19.8 Å². The van der Waals surface area contributed by atoms with Gasteiger partial charge in [0.1, 0.15) is 6.33 Å². The zero-order valence-electron chi connectivity index (χ0n) is 8.74. The molecule has 0 saturated heterocycles. The van der Waals surface area contributed by atoms with Crippen molar-refractivity contribution in [3.05, 3.63) is 12.2 Å². The van der Waals surface area contributed by atoms with Crippen molar-refractivity contribution in [3.63, 3.8) is 0 Å². The van der Waals surface area contributed by atoms with Crippen molar-refractivity contribution in [1.82, 2.24) is 14.8 Å². The lowest BCUT2D eigenvalue weighted by atomic mass is 9.89. The number of nitrogens with zero attached hydrogens (tertiary/aromatic N) is 3. The molecule has 1 fully saturated rings. The van der Waals surface area contributed by atoms with Gasteiger partial charge < -0.3 is 5.73 Å². The third-order valence-corrected chi connectivity index (χ3v) is 3.12. The quantitative estimate of drug-likeness (QED) is 0.789. The Balaban J connectivity index is 2.02. The predicted octanol–water partition coefficient (Wildman–Crippen LogP) is 1.32. The molecule has 1 heterocycles. The molecule has 0 amide bonds. The average molecular weight is 194 g/mol. The van der Waals surface area contributed by atoms with E-state index in [9.17, 15) is 0 Å². The monoisotopic (exact) mass is 194 g/mol. The van der Waals surface area contributed by atoms with Gasteiger partial charge in [0.05, 0.1) is 6.54 Å². The largest absolute Gasteiger partial charge is 0.324 e. The van der Waals surface area contributed by atoms with Gasteiger partial charge in [0.15, 0.2) is 5.82 Å². The van der Waals surface area contributed by atoms with E-state index in [-0.39, 0.29) is 0 Å². The minimum atomic E-state index is 0.430. The number of nitrogens with two attached hydrogens (primary N) is 1. The van der Waals surface area contributed by atoms with Gasteiger partial charge in [-0.3, -0.25) is 4.68 Å². The van der Waals surface area contributed by atoms with E-state index in [0.717, 1.165) is 12.4 Å². The summed E-state index contributed by atoms with van der Waals surface area (Å²) in [6.45, 7) is 3.76. The SMILES string of the molecule is CC1(Cn2cnc(CN)n2)CCCC1. The molecule has 0 spiro atoms. The van der Waals surface area contributed by atoms with Gasteiger partial charge in [-0.25, -0.2) is 4.98 Å². The molecule has 0 atom stereocenters. The average Bonchev–Trinajstić information content (AvgIpc) is 2.75. The Labute approximate surface area is 84.5 Å². The minimum absolute atomic E-state index is 0.430. The van der Waals surface area contributed by atoms with Crippen LogP contribution < -0.4 is 5.73 Å². The van der Waals surface area contributed by atoms with Crippen LogP contribution in [0.1, 0.15) is 38.4 Å². The van der Waals surface area contributed by atoms with Crippen molar-refractivity contribution in [2.24, 2.45) is 11.1 Å². The van der Waals surface area contributed by atoms with Crippen molar-refractivity contribution in [2.45, 2.75) is 45.7 Å². The van der Waals surface area contributed by atoms with Gasteiger partial charge in [-0.2, -0.15) is 5.10 Å². The lowest BCUT2D eigenvalue weighted by molar-refractivity contribution is 0.267. The van der Waals surface area contributed by atoms with Crippen LogP contribution in [0.3, 0.4) is 0 Å². The van der Waals surface area contributed by atoms with Gasteiger partial charge in [0.25, 0.3) is 0 Å². The van der Waals surface area contributed by atoms with Crippen molar-refractivity contribution in [3.8, 4) is 0 Å². The molecule has 0 bridgehead atoms. The fourth-order valence-electron chi connectivity index (χ4n) is 2.28. The van der Waals surface area contributed by atoms with Crippen LogP contribution in [0.15, 0.2) is 6.33 Å². The maximum absolute atomic E-state index is 5.47. The Kier molecular flexibility index (Phi) is 2.54. The van der Waals surface area contributed by atoms with Crippen molar-refractivity contribution in [1.29, 1.82) is 0 Å². The summed E-state index contributed by atoms with van der Waals surface area (Å²) in [6, 6.07) is 0. The number of rotatable bonds is 3. The number of hydrogen-bond acceptors (Lipinski definition) is 3. The maximum atomic E-state index is 5.47. The van der Waals surface area contributed by atoms with Gasteiger partial charge in [-0.05, 0) is 18.3 Å². The Bertz CT molecular complexity index is 299. The first kappa shape index (κ1) is 9.65. The predicted molar refractivity (Wildman–Crippen MR) is 54.5 cm³/mol. The second-order valence-electron chi connectivity index (χ2n) is 4.58. The second kappa shape index (κ2) is 3.69. The zero-order chi connectivity index (χ0) is 10.0. The van der Waals surface area contributed by atoms with Crippen LogP contribution in [0.25, 0.3) is 0 Å². The lowest BCUT2D eigenvalue weighted by Crippen LogP contribution is -2.20. The van der Waals surface area contributed by atoms with Crippen LogP contribution in [-0.4, -0.2) is 14.8 Å². The van der Waals surface area contributed by atoms with Crippen molar-refractivity contribution < 1.29 is 0 Å². The van der Waals surface area contributed by atoms with Crippen LogP contribution in [0.4, 0.5) is 0 Å². The van der Waals surface area contributed by atoms with E-state index in [2.05, 4.69) is 17.0 Å². The molecular formula is C10H18N4. The van der Waals surface area contributed by atoms with Gasteiger partial charge in [0.2, 0.25) is 0 Å².